The van der Waals surface area contributed by atoms with Crippen molar-refractivity contribution in [2.75, 3.05) is 0 Å². The zero-order chi connectivity index (χ0) is 12.9. The van der Waals surface area contributed by atoms with Crippen LogP contribution in [-0.2, 0) is 0 Å². The normalized spacial score (nSPS) is 21.8. The number of rotatable bonds is 2. The molecule has 2 aliphatic rings. The molecule has 0 unspecified atom stereocenters. The van der Waals surface area contributed by atoms with Gasteiger partial charge in [-0.25, -0.2) is 0 Å². The molecule has 1 saturated carbocycles. The molecular formula is C19H26. The summed E-state index contributed by atoms with van der Waals surface area (Å²) < 4.78 is 0. The van der Waals surface area contributed by atoms with Gasteiger partial charge >= 0.3 is 0 Å². The second-order valence-corrected chi connectivity index (χ2v) is 6.25. The molecular weight excluding hydrogens is 228 g/mol. The van der Waals surface area contributed by atoms with Gasteiger partial charge in [-0.3, -0.25) is 0 Å². The first kappa shape index (κ1) is 13.0. The van der Waals surface area contributed by atoms with Crippen LogP contribution in [0.15, 0.2) is 30.3 Å². The molecule has 0 heterocycles. The number of hydrogen-bond acceptors (Lipinski definition) is 0. The topological polar surface area (TPSA) is 0 Å². The van der Waals surface area contributed by atoms with Crippen LogP contribution in [0.5, 0.6) is 0 Å². The standard InChI is InChI=1S/C19H26/c1-2-5-11-16(10-4-1)18-14-8-9-15-19(18)17-12-6-3-7-13-17/h8-9,12,14-16H,1-7,10-11,13H2. The fourth-order valence-corrected chi connectivity index (χ4v) is 3.82. The third-order valence-electron chi connectivity index (χ3n) is 4.89. The van der Waals surface area contributed by atoms with Gasteiger partial charge in [-0.05, 0) is 61.1 Å². The van der Waals surface area contributed by atoms with Crippen LogP contribution < -0.4 is 0 Å². The molecule has 0 bridgehead atoms. The predicted molar refractivity (Wildman–Crippen MR) is 83.3 cm³/mol. The van der Waals surface area contributed by atoms with Gasteiger partial charge in [-0.15, -0.1) is 0 Å². The highest BCUT2D eigenvalue weighted by molar-refractivity contribution is 5.69. The fourth-order valence-electron chi connectivity index (χ4n) is 3.82. The smallest absolute Gasteiger partial charge is 0.0156 e. The van der Waals surface area contributed by atoms with Crippen molar-refractivity contribution >= 4 is 5.57 Å². The lowest BCUT2D eigenvalue weighted by Crippen LogP contribution is -2.03. The highest BCUT2D eigenvalue weighted by atomic mass is 14.2. The van der Waals surface area contributed by atoms with Gasteiger partial charge in [0.1, 0.15) is 0 Å². The number of allylic oxidation sites excluding steroid dienone is 2. The molecule has 0 heteroatoms. The lowest BCUT2D eigenvalue weighted by molar-refractivity contribution is 0.590. The fraction of sp³-hybridized carbons (Fsp3) is 0.579. The number of benzene rings is 1. The van der Waals surface area contributed by atoms with Gasteiger partial charge in [-0.2, -0.15) is 0 Å². The van der Waals surface area contributed by atoms with E-state index in [2.05, 4.69) is 30.3 Å². The van der Waals surface area contributed by atoms with Gasteiger partial charge < -0.3 is 0 Å². The Labute approximate surface area is 117 Å². The molecule has 3 rings (SSSR count). The van der Waals surface area contributed by atoms with Crippen LogP contribution in [0.1, 0.15) is 81.3 Å². The first-order valence-corrected chi connectivity index (χ1v) is 8.23. The molecule has 1 aromatic carbocycles. The molecule has 0 amide bonds. The van der Waals surface area contributed by atoms with Crippen molar-refractivity contribution in [3.05, 3.63) is 41.5 Å². The molecule has 0 atom stereocenters. The molecule has 0 aliphatic heterocycles. The Morgan fingerprint density at radius 1 is 0.789 bits per heavy atom. The van der Waals surface area contributed by atoms with Crippen molar-refractivity contribution in [3.63, 3.8) is 0 Å². The summed E-state index contributed by atoms with van der Waals surface area (Å²) >= 11 is 0. The van der Waals surface area contributed by atoms with E-state index in [0.29, 0.717) is 0 Å². The Hall–Kier alpha value is -1.04. The van der Waals surface area contributed by atoms with Gasteiger partial charge in [-0.1, -0.05) is 56.0 Å². The summed E-state index contributed by atoms with van der Waals surface area (Å²) in [6, 6.07) is 9.25. The van der Waals surface area contributed by atoms with Gasteiger partial charge in [0.05, 0.1) is 0 Å². The van der Waals surface area contributed by atoms with E-state index in [1.807, 2.05) is 0 Å². The third-order valence-corrected chi connectivity index (χ3v) is 4.89. The van der Waals surface area contributed by atoms with Crippen molar-refractivity contribution < 1.29 is 0 Å². The Morgan fingerprint density at radius 2 is 1.58 bits per heavy atom. The molecule has 0 saturated heterocycles. The summed E-state index contributed by atoms with van der Waals surface area (Å²) in [4.78, 5) is 0. The van der Waals surface area contributed by atoms with Crippen molar-refractivity contribution in [2.45, 2.75) is 70.1 Å². The van der Waals surface area contributed by atoms with Crippen LogP contribution in [0.2, 0.25) is 0 Å². The van der Waals surface area contributed by atoms with E-state index in [9.17, 15) is 0 Å². The minimum absolute atomic E-state index is 0.821. The second-order valence-electron chi connectivity index (χ2n) is 6.25. The largest absolute Gasteiger partial charge is 0.0807 e. The quantitative estimate of drug-likeness (QED) is 0.561. The van der Waals surface area contributed by atoms with E-state index in [4.69, 9.17) is 0 Å². The van der Waals surface area contributed by atoms with Crippen LogP contribution in [0, 0.1) is 0 Å². The van der Waals surface area contributed by atoms with Crippen LogP contribution >= 0.6 is 0 Å². The SMILES string of the molecule is C1=C(c2ccccc2C2CCCCCC2)CCCC1. The summed E-state index contributed by atoms with van der Waals surface area (Å²) in [6.45, 7) is 0. The molecule has 0 aromatic heterocycles. The van der Waals surface area contributed by atoms with Crippen molar-refractivity contribution in [1.29, 1.82) is 0 Å². The summed E-state index contributed by atoms with van der Waals surface area (Å²) in [5, 5.41) is 0. The lowest BCUT2D eigenvalue weighted by Gasteiger charge is -2.22. The van der Waals surface area contributed by atoms with E-state index in [1.165, 1.54) is 64.2 Å². The first-order chi connectivity index (χ1) is 9.45. The molecule has 2 aliphatic carbocycles. The predicted octanol–water partition coefficient (Wildman–Crippen LogP) is 6.08. The van der Waals surface area contributed by atoms with Gasteiger partial charge in [0, 0.05) is 0 Å². The summed E-state index contributed by atoms with van der Waals surface area (Å²) in [7, 11) is 0. The summed E-state index contributed by atoms with van der Waals surface area (Å²) in [5.74, 6) is 0.821. The molecule has 1 aromatic rings. The highest BCUT2D eigenvalue weighted by Crippen LogP contribution is 2.37. The highest BCUT2D eigenvalue weighted by Gasteiger charge is 2.19. The average Bonchev–Trinajstić information content (AvgIpc) is 2.77. The van der Waals surface area contributed by atoms with Gasteiger partial charge in [0.2, 0.25) is 0 Å². The molecule has 0 nitrogen and oxygen atoms in total. The monoisotopic (exact) mass is 254 g/mol. The maximum atomic E-state index is 2.50. The van der Waals surface area contributed by atoms with E-state index in [0.717, 1.165) is 5.92 Å². The lowest BCUT2D eigenvalue weighted by atomic mass is 9.83. The van der Waals surface area contributed by atoms with Crippen LogP contribution in [0.25, 0.3) is 5.57 Å². The zero-order valence-electron chi connectivity index (χ0n) is 12.0. The third kappa shape index (κ3) is 3.11. The van der Waals surface area contributed by atoms with Gasteiger partial charge in [0.25, 0.3) is 0 Å². The summed E-state index contributed by atoms with van der Waals surface area (Å²) in [5.41, 5.74) is 4.86. The minimum atomic E-state index is 0.821. The Balaban J connectivity index is 1.89. The average molecular weight is 254 g/mol. The Morgan fingerprint density at radius 3 is 2.32 bits per heavy atom. The maximum absolute atomic E-state index is 2.50. The Kier molecular flexibility index (Phi) is 4.37. The van der Waals surface area contributed by atoms with E-state index < -0.39 is 0 Å². The van der Waals surface area contributed by atoms with Crippen LogP contribution in [0.4, 0.5) is 0 Å². The zero-order valence-corrected chi connectivity index (χ0v) is 12.0. The minimum Gasteiger partial charge on any atom is -0.0807 e. The summed E-state index contributed by atoms with van der Waals surface area (Å²) in [6.07, 6.45) is 16.4. The maximum Gasteiger partial charge on any atom is -0.0156 e. The van der Waals surface area contributed by atoms with E-state index in [-0.39, 0.29) is 0 Å². The van der Waals surface area contributed by atoms with Crippen molar-refractivity contribution in [2.24, 2.45) is 0 Å². The van der Waals surface area contributed by atoms with Crippen LogP contribution in [-0.4, -0.2) is 0 Å². The van der Waals surface area contributed by atoms with Crippen molar-refractivity contribution in [3.8, 4) is 0 Å². The Bertz CT molecular complexity index is 433. The van der Waals surface area contributed by atoms with E-state index in [1.54, 1.807) is 16.7 Å². The van der Waals surface area contributed by atoms with Crippen molar-refractivity contribution in [1.82, 2.24) is 0 Å². The molecule has 102 valence electrons. The molecule has 19 heavy (non-hydrogen) atoms. The molecule has 0 radical (unpaired) electrons. The van der Waals surface area contributed by atoms with Crippen LogP contribution in [0.3, 0.4) is 0 Å². The second kappa shape index (κ2) is 6.41. The first-order valence-electron chi connectivity index (χ1n) is 8.23. The van der Waals surface area contributed by atoms with Gasteiger partial charge in [0.15, 0.2) is 0 Å². The van der Waals surface area contributed by atoms with E-state index >= 15 is 0 Å². The molecule has 1 fully saturated rings. The molecule has 0 N–H and O–H groups in total. The molecule has 0 spiro atoms. The number of hydrogen-bond donors (Lipinski definition) is 0.